The van der Waals surface area contributed by atoms with Crippen LogP contribution in [0.4, 0.5) is 5.69 Å². The third-order valence-electron chi connectivity index (χ3n) is 1.79. The van der Waals surface area contributed by atoms with Crippen LogP contribution in [-0.4, -0.2) is 15.0 Å². The molecule has 0 spiro atoms. The van der Waals surface area contributed by atoms with Crippen molar-refractivity contribution in [1.29, 1.82) is 0 Å². The van der Waals surface area contributed by atoms with Gasteiger partial charge in [-0.25, -0.2) is 4.98 Å². The van der Waals surface area contributed by atoms with Crippen molar-refractivity contribution < 1.29 is 10.0 Å². The van der Waals surface area contributed by atoms with Crippen LogP contribution in [0.15, 0.2) is 12.1 Å². The number of hydrogen-bond donors (Lipinski definition) is 1. The highest BCUT2D eigenvalue weighted by atomic mass is 32.1. The van der Waals surface area contributed by atoms with Crippen molar-refractivity contribution in [3.05, 3.63) is 27.3 Å². The maximum Gasteiger partial charge on any atom is 0.312 e. The third kappa shape index (κ3) is 1.29. The number of nitrogens with zero attached hydrogens (tertiary/aromatic N) is 2. The van der Waals surface area contributed by atoms with Crippen molar-refractivity contribution in [3.63, 3.8) is 0 Å². The topological polar surface area (TPSA) is 76.3 Å². The van der Waals surface area contributed by atoms with Gasteiger partial charge in [-0.1, -0.05) is 0 Å². The molecule has 0 atom stereocenters. The zero-order valence-corrected chi connectivity index (χ0v) is 8.04. The average molecular weight is 210 g/mol. The van der Waals surface area contributed by atoms with Gasteiger partial charge in [-0.05, 0) is 6.92 Å². The van der Waals surface area contributed by atoms with Gasteiger partial charge in [0.05, 0.1) is 20.1 Å². The van der Waals surface area contributed by atoms with Gasteiger partial charge >= 0.3 is 5.69 Å². The molecule has 2 rings (SSSR count). The summed E-state index contributed by atoms with van der Waals surface area (Å²) >= 11 is 1.39. The van der Waals surface area contributed by atoms with E-state index in [9.17, 15) is 15.2 Å². The van der Waals surface area contributed by atoms with Crippen LogP contribution in [0, 0.1) is 17.0 Å². The summed E-state index contributed by atoms with van der Waals surface area (Å²) in [5.74, 6) is -0.314. The number of phenols is 1. The average Bonchev–Trinajstić information content (AvgIpc) is 2.42. The molecule has 0 aliphatic rings. The number of aromatic nitrogens is 1. The van der Waals surface area contributed by atoms with Crippen molar-refractivity contribution in [2.24, 2.45) is 0 Å². The van der Waals surface area contributed by atoms with Gasteiger partial charge in [0.25, 0.3) is 0 Å². The molecule has 0 unspecified atom stereocenters. The molecule has 2 aromatic rings. The van der Waals surface area contributed by atoms with E-state index in [1.54, 1.807) is 0 Å². The van der Waals surface area contributed by atoms with Crippen LogP contribution in [0.2, 0.25) is 0 Å². The Morgan fingerprint density at radius 1 is 1.57 bits per heavy atom. The quantitative estimate of drug-likeness (QED) is 0.578. The highest BCUT2D eigenvalue weighted by molar-refractivity contribution is 7.18. The Balaban J connectivity index is 2.76. The Morgan fingerprint density at radius 3 is 2.93 bits per heavy atom. The van der Waals surface area contributed by atoms with Crippen molar-refractivity contribution in [3.8, 4) is 5.75 Å². The Bertz CT molecular complexity index is 521. The maximum atomic E-state index is 10.5. The zero-order chi connectivity index (χ0) is 10.3. The fourth-order valence-corrected chi connectivity index (χ4v) is 2.06. The first-order valence-corrected chi connectivity index (χ1v) is 4.64. The number of hydrogen-bond acceptors (Lipinski definition) is 5. The summed E-state index contributed by atoms with van der Waals surface area (Å²) < 4.78 is 0.755. The maximum absolute atomic E-state index is 10.5. The monoisotopic (exact) mass is 210 g/mol. The minimum Gasteiger partial charge on any atom is -0.502 e. The van der Waals surface area contributed by atoms with E-state index in [1.165, 1.54) is 23.5 Å². The lowest BCUT2D eigenvalue weighted by Gasteiger charge is -1.94. The molecule has 0 fully saturated rings. The smallest absolute Gasteiger partial charge is 0.312 e. The van der Waals surface area contributed by atoms with Gasteiger partial charge in [-0.3, -0.25) is 10.1 Å². The number of benzene rings is 1. The minimum atomic E-state index is -0.622. The first-order valence-electron chi connectivity index (χ1n) is 3.82. The Labute approximate surface area is 82.8 Å². The summed E-state index contributed by atoms with van der Waals surface area (Å²) in [7, 11) is 0. The van der Waals surface area contributed by atoms with Crippen molar-refractivity contribution in [2.75, 3.05) is 0 Å². The van der Waals surface area contributed by atoms with E-state index in [4.69, 9.17) is 0 Å². The Kier molecular flexibility index (Phi) is 1.85. The van der Waals surface area contributed by atoms with Gasteiger partial charge in [-0.15, -0.1) is 11.3 Å². The molecule has 1 aromatic heterocycles. The number of rotatable bonds is 1. The SMILES string of the molecule is Cc1nc2cc([N+](=O)[O-])c(O)cc2s1. The van der Waals surface area contributed by atoms with Crippen LogP contribution < -0.4 is 0 Å². The molecule has 1 aromatic carbocycles. The molecule has 72 valence electrons. The molecule has 1 N–H and O–H groups in total. The van der Waals surface area contributed by atoms with Gasteiger partial charge < -0.3 is 5.11 Å². The van der Waals surface area contributed by atoms with Crippen LogP contribution in [0.3, 0.4) is 0 Å². The predicted octanol–water partition coefficient (Wildman–Crippen LogP) is 2.22. The van der Waals surface area contributed by atoms with Crippen LogP contribution >= 0.6 is 11.3 Å². The van der Waals surface area contributed by atoms with E-state index < -0.39 is 4.92 Å². The molecule has 0 aliphatic heterocycles. The van der Waals surface area contributed by atoms with Gasteiger partial charge in [0.1, 0.15) is 0 Å². The fourth-order valence-electron chi connectivity index (χ4n) is 1.21. The number of nitro benzene ring substituents is 1. The summed E-state index contributed by atoms with van der Waals surface area (Å²) in [6.07, 6.45) is 0. The second kappa shape index (κ2) is 2.91. The van der Waals surface area contributed by atoms with Crippen LogP contribution in [0.25, 0.3) is 10.2 Å². The molecule has 0 bridgehead atoms. The third-order valence-corrected chi connectivity index (χ3v) is 2.72. The molecule has 0 radical (unpaired) electrons. The van der Waals surface area contributed by atoms with Crippen molar-refractivity contribution in [1.82, 2.24) is 4.98 Å². The van der Waals surface area contributed by atoms with Gasteiger partial charge in [0, 0.05) is 12.1 Å². The van der Waals surface area contributed by atoms with E-state index in [2.05, 4.69) is 4.98 Å². The molecule has 5 nitrogen and oxygen atoms in total. The number of aromatic hydroxyl groups is 1. The van der Waals surface area contributed by atoms with Gasteiger partial charge in [0.2, 0.25) is 0 Å². The predicted molar refractivity (Wildman–Crippen MR) is 52.7 cm³/mol. The lowest BCUT2D eigenvalue weighted by molar-refractivity contribution is -0.385. The lowest BCUT2D eigenvalue weighted by atomic mass is 10.3. The first-order chi connectivity index (χ1) is 6.58. The lowest BCUT2D eigenvalue weighted by Crippen LogP contribution is -1.87. The normalized spacial score (nSPS) is 10.6. The van der Waals surface area contributed by atoms with Crippen LogP contribution in [0.1, 0.15) is 5.01 Å². The molecular weight excluding hydrogens is 204 g/mol. The summed E-state index contributed by atoms with van der Waals surface area (Å²) in [6.45, 7) is 1.81. The molecule has 6 heteroatoms. The molecule has 0 saturated carbocycles. The Morgan fingerprint density at radius 2 is 2.29 bits per heavy atom. The molecule has 0 saturated heterocycles. The molecule has 0 amide bonds. The highest BCUT2D eigenvalue weighted by Crippen LogP contribution is 2.33. The largest absolute Gasteiger partial charge is 0.502 e. The standard InChI is InChI=1S/C8H6N2O3S/c1-4-9-5-2-6(10(12)13)7(11)3-8(5)14-4/h2-3,11H,1H3. The van der Waals surface area contributed by atoms with Gasteiger partial charge in [0.15, 0.2) is 5.75 Å². The van der Waals surface area contributed by atoms with E-state index in [1.807, 2.05) is 6.92 Å². The first kappa shape index (κ1) is 8.89. The second-order valence-corrected chi connectivity index (χ2v) is 4.03. The fraction of sp³-hybridized carbons (Fsp3) is 0.125. The molecule has 14 heavy (non-hydrogen) atoms. The number of aryl methyl sites for hydroxylation is 1. The minimum absolute atomic E-state index is 0.303. The van der Waals surface area contributed by atoms with E-state index in [0.29, 0.717) is 5.52 Å². The number of fused-ring (bicyclic) bond motifs is 1. The molecule has 0 aliphatic carbocycles. The summed E-state index contributed by atoms with van der Waals surface area (Å²) in [6, 6.07) is 2.66. The number of nitro groups is 1. The van der Waals surface area contributed by atoms with E-state index in [-0.39, 0.29) is 11.4 Å². The van der Waals surface area contributed by atoms with Crippen LogP contribution in [0.5, 0.6) is 5.75 Å². The molecular formula is C8H6N2O3S. The number of phenolic OH excluding ortho intramolecular Hbond substituents is 1. The van der Waals surface area contributed by atoms with E-state index >= 15 is 0 Å². The molecule has 1 heterocycles. The van der Waals surface area contributed by atoms with Gasteiger partial charge in [-0.2, -0.15) is 0 Å². The van der Waals surface area contributed by atoms with Crippen LogP contribution in [-0.2, 0) is 0 Å². The number of thiazole rings is 1. The summed E-state index contributed by atoms with van der Waals surface area (Å²) in [5, 5.41) is 20.6. The summed E-state index contributed by atoms with van der Waals surface area (Å²) in [4.78, 5) is 14.0. The van der Waals surface area contributed by atoms with E-state index in [0.717, 1.165) is 9.71 Å². The van der Waals surface area contributed by atoms with Crippen molar-refractivity contribution >= 4 is 27.2 Å². The zero-order valence-electron chi connectivity index (χ0n) is 7.22. The Hall–Kier alpha value is -1.69. The second-order valence-electron chi connectivity index (χ2n) is 2.80. The van der Waals surface area contributed by atoms with Crippen molar-refractivity contribution in [2.45, 2.75) is 6.92 Å². The highest BCUT2D eigenvalue weighted by Gasteiger charge is 2.15. The summed E-state index contributed by atoms with van der Waals surface area (Å²) in [5.41, 5.74) is 0.250.